The zero-order valence-corrected chi connectivity index (χ0v) is 13.0. The first-order valence-electron chi connectivity index (χ1n) is 6.89. The first-order valence-corrected chi connectivity index (χ1v) is 6.89. The van der Waals surface area contributed by atoms with Crippen LogP contribution < -0.4 is 22.5 Å². The van der Waals surface area contributed by atoms with Crippen LogP contribution in [0.25, 0.3) is 0 Å². The van der Waals surface area contributed by atoms with Gasteiger partial charge in [0.25, 0.3) is 0 Å². The number of anilines is 1. The number of halogens is 3. The van der Waals surface area contributed by atoms with Crippen LogP contribution in [0.5, 0.6) is 0 Å². The summed E-state index contributed by atoms with van der Waals surface area (Å²) in [6.45, 7) is -1.63. The Balaban J connectivity index is 2.78. The van der Waals surface area contributed by atoms with Crippen molar-refractivity contribution in [3.8, 4) is 0 Å². The second kappa shape index (κ2) is 8.82. The molecule has 0 aliphatic rings. The third kappa shape index (κ3) is 5.51. The van der Waals surface area contributed by atoms with Crippen molar-refractivity contribution in [1.29, 1.82) is 0 Å². The molecule has 24 heavy (non-hydrogen) atoms. The lowest BCUT2D eigenvalue weighted by Gasteiger charge is -2.12. The summed E-state index contributed by atoms with van der Waals surface area (Å²) >= 11 is 0. The van der Waals surface area contributed by atoms with Gasteiger partial charge in [0.05, 0.1) is 0 Å². The van der Waals surface area contributed by atoms with Crippen LogP contribution in [0.15, 0.2) is 41.6 Å². The quantitative estimate of drug-likeness (QED) is 0.260. The highest BCUT2D eigenvalue weighted by Crippen LogP contribution is 2.16. The van der Waals surface area contributed by atoms with Crippen molar-refractivity contribution in [3.63, 3.8) is 0 Å². The van der Waals surface area contributed by atoms with E-state index in [0.29, 0.717) is 17.3 Å². The maximum absolute atomic E-state index is 13.5. The van der Waals surface area contributed by atoms with E-state index in [4.69, 9.17) is 17.2 Å². The monoisotopic (exact) mass is 344 g/mol. The predicted molar refractivity (Wildman–Crippen MR) is 83.8 cm³/mol. The molecule has 1 aromatic carbocycles. The zero-order chi connectivity index (χ0) is 18.3. The molecule has 0 saturated heterocycles. The van der Waals surface area contributed by atoms with Crippen molar-refractivity contribution in [3.05, 3.63) is 52.7 Å². The van der Waals surface area contributed by atoms with E-state index in [1.165, 1.54) is 6.92 Å². The van der Waals surface area contributed by atoms with Gasteiger partial charge in [0.15, 0.2) is 5.83 Å². The van der Waals surface area contributed by atoms with Gasteiger partial charge in [-0.3, -0.25) is 4.79 Å². The number of nitrogens with one attached hydrogen (secondary N) is 1. The molecule has 0 atom stereocenters. The number of allylic oxidation sites excluding steroid dienone is 2. The van der Waals surface area contributed by atoms with Crippen LogP contribution in [-0.2, 0) is 22.6 Å². The summed E-state index contributed by atoms with van der Waals surface area (Å²) in [5.74, 6) is -2.98. The summed E-state index contributed by atoms with van der Waals surface area (Å²) in [5.41, 5.74) is 18.2. The Morgan fingerprint density at radius 3 is 2.67 bits per heavy atom. The van der Waals surface area contributed by atoms with Crippen LogP contribution in [0.1, 0.15) is 18.1 Å². The van der Waals surface area contributed by atoms with Gasteiger partial charge in [0.1, 0.15) is 0 Å². The Hall–Kier alpha value is -2.68. The molecular formula is C15H19F3N4O2. The van der Waals surface area contributed by atoms with Crippen LogP contribution in [0.3, 0.4) is 0 Å². The van der Waals surface area contributed by atoms with Crippen molar-refractivity contribution in [2.45, 2.75) is 26.6 Å². The minimum absolute atomic E-state index is 0.0773. The lowest BCUT2D eigenvalue weighted by Crippen LogP contribution is -2.24. The maximum atomic E-state index is 13.5. The highest BCUT2D eigenvalue weighted by molar-refractivity contribution is 5.93. The van der Waals surface area contributed by atoms with E-state index in [-0.39, 0.29) is 18.7 Å². The SMILES string of the molecule is C/C(=C\C(F)=C(/N)OC(F)F)C(=O)NCc1cccc(N)c1CN. The molecule has 0 aromatic heterocycles. The van der Waals surface area contributed by atoms with E-state index < -0.39 is 24.2 Å². The summed E-state index contributed by atoms with van der Waals surface area (Å²) < 4.78 is 41.1. The van der Waals surface area contributed by atoms with E-state index in [1.807, 2.05) is 0 Å². The minimum atomic E-state index is -3.25. The summed E-state index contributed by atoms with van der Waals surface area (Å²) in [5, 5.41) is 2.55. The topological polar surface area (TPSA) is 116 Å². The standard InChI is InChI=1S/C15H19F3N4O2/c1-8(5-11(16)13(21)24-15(17)18)14(23)22-7-9-3-2-4-12(20)10(9)6-19/h2-5,15H,6-7,19-21H2,1H3,(H,22,23)/b8-5+,13-11-. The lowest BCUT2D eigenvalue weighted by atomic mass is 10.1. The van der Waals surface area contributed by atoms with Gasteiger partial charge in [0.2, 0.25) is 11.8 Å². The second-order valence-corrected chi connectivity index (χ2v) is 4.79. The predicted octanol–water partition coefficient (Wildman–Crippen LogP) is 1.63. The molecule has 1 amide bonds. The smallest absolute Gasteiger partial charge is 0.388 e. The number of carbonyl (C=O) groups is 1. The first-order chi connectivity index (χ1) is 11.3. The number of alkyl halides is 2. The molecule has 0 radical (unpaired) electrons. The van der Waals surface area contributed by atoms with Crippen LogP contribution in [0.2, 0.25) is 0 Å². The van der Waals surface area contributed by atoms with Gasteiger partial charge in [0, 0.05) is 24.4 Å². The number of nitrogen functional groups attached to an aromatic ring is 1. The molecular weight excluding hydrogens is 325 g/mol. The lowest BCUT2D eigenvalue weighted by molar-refractivity contribution is -0.117. The Labute approximate surface area is 137 Å². The van der Waals surface area contributed by atoms with Crippen molar-refractivity contribution in [2.75, 3.05) is 5.73 Å². The fourth-order valence-corrected chi connectivity index (χ4v) is 1.86. The van der Waals surface area contributed by atoms with Gasteiger partial charge in [-0.2, -0.15) is 8.78 Å². The summed E-state index contributed by atoms with van der Waals surface area (Å²) in [6, 6.07) is 5.14. The van der Waals surface area contributed by atoms with Crippen LogP contribution in [0.4, 0.5) is 18.9 Å². The molecule has 0 fully saturated rings. The van der Waals surface area contributed by atoms with Gasteiger partial charge in [-0.15, -0.1) is 0 Å². The molecule has 0 spiro atoms. The average molecular weight is 344 g/mol. The Morgan fingerprint density at radius 1 is 1.42 bits per heavy atom. The number of carbonyl (C=O) groups excluding carboxylic acids is 1. The third-order valence-electron chi connectivity index (χ3n) is 3.11. The molecule has 0 saturated carbocycles. The molecule has 0 bridgehead atoms. The molecule has 7 N–H and O–H groups in total. The van der Waals surface area contributed by atoms with Crippen LogP contribution in [0, 0.1) is 0 Å². The van der Waals surface area contributed by atoms with E-state index in [2.05, 4.69) is 10.1 Å². The van der Waals surface area contributed by atoms with Gasteiger partial charge in [-0.1, -0.05) is 12.1 Å². The molecule has 0 heterocycles. The fourth-order valence-electron chi connectivity index (χ4n) is 1.86. The molecule has 1 aromatic rings. The van der Waals surface area contributed by atoms with E-state index in [9.17, 15) is 18.0 Å². The molecule has 0 aliphatic carbocycles. The number of amides is 1. The first kappa shape index (κ1) is 19.4. The average Bonchev–Trinajstić information content (AvgIpc) is 2.51. The largest absolute Gasteiger partial charge is 0.416 e. The zero-order valence-electron chi connectivity index (χ0n) is 13.0. The van der Waals surface area contributed by atoms with Gasteiger partial charge in [-0.05, 0) is 30.2 Å². The van der Waals surface area contributed by atoms with Gasteiger partial charge < -0.3 is 27.3 Å². The summed E-state index contributed by atoms with van der Waals surface area (Å²) in [7, 11) is 0. The van der Waals surface area contributed by atoms with E-state index in [1.54, 1.807) is 18.2 Å². The normalized spacial score (nSPS) is 12.8. The van der Waals surface area contributed by atoms with Crippen LogP contribution >= 0.6 is 0 Å². The highest BCUT2D eigenvalue weighted by Gasteiger charge is 2.12. The Bertz CT molecular complexity index is 660. The minimum Gasteiger partial charge on any atom is -0.416 e. The Morgan fingerprint density at radius 2 is 2.08 bits per heavy atom. The van der Waals surface area contributed by atoms with Crippen LogP contribution in [-0.4, -0.2) is 12.5 Å². The third-order valence-corrected chi connectivity index (χ3v) is 3.11. The number of hydrogen-bond acceptors (Lipinski definition) is 5. The molecule has 132 valence electrons. The number of nitrogens with two attached hydrogens (primary N) is 3. The number of rotatable bonds is 7. The maximum Gasteiger partial charge on any atom is 0.388 e. The Kier molecular flexibility index (Phi) is 7.12. The van der Waals surface area contributed by atoms with E-state index >= 15 is 0 Å². The fraction of sp³-hybridized carbons (Fsp3) is 0.267. The molecule has 6 nitrogen and oxygen atoms in total. The van der Waals surface area contributed by atoms with E-state index in [0.717, 1.165) is 5.56 Å². The van der Waals surface area contributed by atoms with Crippen molar-refractivity contribution in [1.82, 2.24) is 5.32 Å². The second-order valence-electron chi connectivity index (χ2n) is 4.79. The van der Waals surface area contributed by atoms with Crippen molar-refractivity contribution < 1.29 is 22.7 Å². The number of ether oxygens (including phenoxy) is 1. The number of benzene rings is 1. The molecule has 1 rings (SSSR count). The molecule has 9 heteroatoms. The summed E-state index contributed by atoms with van der Waals surface area (Å²) in [4.78, 5) is 11.9. The van der Waals surface area contributed by atoms with Gasteiger partial charge in [-0.25, -0.2) is 4.39 Å². The molecule has 0 unspecified atom stereocenters. The summed E-state index contributed by atoms with van der Waals surface area (Å²) in [6.07, 6.45) is 0.705. The highest BCUT2D eigenvalue weighted by atomic mass is 19.3. The molecule has 0 aliphatic heterocycles. The van der Waals surface area contributed by atoms with Crippen molar-refractivity contribution in [2.24, 2.45) is 11.5 Å². The van der Waals surface area contributed by atoms with Crippen molar-refractivity contribution >= 4 is 11.6 Å². The number of hydrogen-bond donors (Lipinski definition) is 4. The van der Waals surface area contributed by atoms with Gasteiger partial charge >= 0.3 is 6.61 Å².